The number of carboxylic acid groups (broad SMARTS) is 1. The van der Waals surface area contributed by atoms with Gasteiger partial charge in [0, 0.05) is 26.2 Å². The Labute approximate surface area is 89.0 Å². The highest BCUT2D eigenvalue weighted by molar-refractivity contribution is 5.75. The van der Waals surface area contributed by atoms with Crippen molar-refractivity contribution in [1.29, 1.82) is 0 Å². The zero-order valence-corrected chi connectivity index (χ0v) is 8.78. The van der Waals surface area contributed by atoms with Gasteiger partial charge in [-0.2, -0.15) is 0 Å². The van der Waals surface area contributed by atoms with Crippen molar-refractivity contribution in [2.24, 2.45) is 5.41 Å². The Bertz CT molecular complexity index is 232. The van der Waals surface area contributed by atoms with Crippen molar-refractivity contribution in [3.63, 3.8) is 0 Å². The minimum absolute atomic E-state index is 0.347. The first kappa shape index (κ1) is 10.9. The highest BCUT2D eigenvalue weighted by Gasteiger charge is 2.43. The molecule has 0 radical (unpaired) electrons. The molecule has 0 aromatic rings. The molecule has 0 bridgehead atoms. The molecule has 1 unspecified atom stereocenters. The summed E-state index contributed by atoms with van der Waals surface area (Å²) < 4.78 is 10.5. The Morgan fingerprint density at radius 3 is 2.53 bits per heavy atom. The summed E-state index contributed by atoms with van der Waals surface area (Å²) >= 11 is 0. The molecule has 2 rings (SSSR count). The van der Waals surface area contributed by atoms with Crippen LogP contribution in [-0.2, 0) is 14.3 Å². The predicted molar refractivity (Wildman–Crippen MR) is 52.8 cm³/mol. The summed E-state index contributed by atoms with van der Waals surface area (Å²) in [7, 11) is 0. The first-order valence-corrected chi connectivity index (χ1v) is 5.34. The van der Waals surface area contributed by atoms with E-state index in [4.69, 9.17) is 9.47 Å². The highest BCUT2D eigenvalue weighted by atomic mass is 16.5. The average Bonchev–Trinajstić information content (AvgIpc) is 2.69. The van der Waals surface area contributed by atoms with E-state index in [1.165, 1.54) is 0 Å². The van der Waals surface area contributed by atoms with Crippen molar-refractivity contribution in [2.45, 2.75) is 6.42 Å². The van der Waals surface area contributed by atoms with Crippen molar-refractivity contribution in [2.75, 3.05) is 46.1 Å². The van der Waals surface area contributed by atoms with Gasteiger partial charge >= 0.3 is 5.97 Å². The minimum Gasteiger partial charge on any atom is -0.481 e. The molecule has 2 aliphatic heterocycles. The van der Waals surface area contributed by atoms with Gasteiger partial charge in [-0.05, 0) is 6.42 Å². The van der Waals surface area contributed by atoms with Gasteiger partial charge in [-0.3, -0.25) is 9.69 Å². The summed E-state index contributed by atoms with van der Waals surface area (Å²) in [5.41, 5.74) is -0.683. The van der Waals surface area contributed by atoms with E-state index >= 15 is 0 Å². The van der Waals surface area contributed by atoms with E-state index in [0.717, 1.165) is 13.1 Å². The molecule has 1 N–H and O–H groups in total. The van der Waals surface area contributed by atoms with E-state index in [1.54, 1.807) is 0 Å². The summed E-state index contributed by atoms with van der Waals surface area (Å²) in [5.74, 6) is -0.730. The summed E-state index contributed by atoms with van der Waals surface area (Å²) in [6, 6.07) is 0. The standard InChI is InChI=1S/C10H17NO4/c12-9(13)10(1-4-15-8-10)7-11-2-5-14-6-3-11/h1-8H2,(H,12,13). The average molecular weight is 215 g/mol. The fourth-order valence-corrected chi connectivity index (χ4v) is 2.16. The second kappa shape index (κ2) is 4.47. The molecule has 2 aliphatic rings. The molecular formula is C10H17NO4. The summed E-state index contributed by atoms with van der Waals surface area (Å²) in [6.45, 7) is 4.57. The molecular weight excluding hydrogens is 198 g/mol. The smallest absolute Gasteiger partial charge is 0.313 e. The molecule has 0 amide bonds. The minimum atomic E-state index is -0.730. The van der Waals surface area contributed by atoms with Gasteiger partial charge in [-0.25, -0.2) is 0 Å². The van der Waals surface area contributed by atoms with Crippen LogP contribution in [0, 0.1) is 5.41 Å². The quantitative estimate of drug-likeness (QED) is 0.707. The predicted octanol–water partition coefficient (Wildman–Crippen LogP) is -0.190. The van der Waals surface area contributed by atoms with Crippen LogP contribution in [0.1, 0.15) is 6.42 Å². The number of morpholine rings is 1. The first-order chi connectivity index (χ1) is 7.23. The molecule has 1 atom stereocenters. The normalized spacial score (nSPS) is 33.1. The molecule has 0 saturated carbocycles. The first-order valence-electron chi connectivity index (χ1n) is 5.34. The van der Waals surface area contributed by atoms with Crippen molar-refractivity contribution < 1.29 is 19.4 Å². The Morgan fingerprint density at radius 2 is 2.00 bits per heavy atom. The third kappa shape index (κ3) is 2.30. The monoisotopic (exact) mass is 215 g/mol. The molecule has 5 heteroatoms. The van der Waals surface area contributed by atoms with Crippen LogP contribution < -0.4 is 0 Å². The van der Waals surface area contributed by atoms with Crippen molar-refractivity contribution in [3.8, 4) is 0 Å². The molecule has 0 spiro atoms. The van der Waals surface area contributed by atoms with Crippen molar-refractivity contribution in [1.82, 2.24) is 4.90 Å². The van der Waals surface area contributed by atoms with Crippen LogP contribution in [0.5, 0.6) is 0 Å². The number of carboxylic acids is 1. The summed E-state index contributed by atoms with van der Waals surface area (Å²) in [4.78, 5) is 13.4. The lowest BCUT2D eigenvalue weighted by atomic mass is 9.86. The largest absolute Gasteiger partial charge is 0.481 e. The topological polar surface area (TPSA) is 59.0 Å². The van der Waals surface area contributed by atoms with Gasteiger partial charge in [-0.1, -0.05) is 0 Å². The van der Waals surface area contributed by atoms with Crippen LogP contribution >= 0.6 is 0 Å². The van der Waals surface area contributed by atoms with E-state index in [-0.39, 0.29) is 0 Å². The van der Waals surface area contributed by atoms with Crippen molar-refractivity contribution >= 4 is 5.97 Å². The van der Waals surface area contributed by atoms with E-state index < -0.39 is 11.4 Å². The molecule has 2 fully saturated rings. The third-order valence-electron chi connectivity index (χ3n) is 3.19. The molecule has 0 aliphatic carbocycles. The van der Waals surface area contributed by atoms with E-state index in [0.29, 0.717) is 39.4 Å². The SMILES string of the molecule is O=C(O)C1(CN2CCOCC2)CCOC1. The maximum atomic E-state index is 11.3. The number of carbonyl (C=O) groups is 1. The van der Waals surface area contributed by atoms with Crippen LogP contribution in [0.25, 0.3) is 0 Å². The van der Waals surface area contributed by atoms with Crippen molar-refractivity contribution in [3.05, 3.63) is 0 Å². The lowest BCUT2D eigenvalue weighted by Crippen LogP contribution is -2.47. The van der Waals surface area contributed by atoms with Gasteiger partial charge in [0.05, 0.1) is 19.8 Å². The third-order valence-corrected chi connectivity index (χ3v) is 3.19. The maximum absolute atomic E-state index is 11.3. The molecule has 2 saturated heterocycles. The number of hydrogen-bond acceptors (Lipinski definition) is 4. The van der Waals surface area contributed by atoms with Gasteiger partial charge in [0.25, 0.3) is 0 Å². The molecule has 86 valence electrons. The molecule has 5 nitrogen and oxygen atoms in total. The summed E-state index contributed by atoms with van der Waals surface area (Å²) in [6.07, 6.45) is 0.625. The van der Waals surface area contributed by atoms with Crippen LogP contribution in [0.15, 0.2) is 0 Å². The lowest BCUT2D eigenvalue weighted by molar-refractivity contribution is -0.150. The number of ether oxygens (including phenoxy) is 2. The molecule has 0 aromatic heterocycles. The molecule has 15 heavy (non-hydrogen) atoms. The van der Waals surface area contributed by atoms with Gasteiger partial charge in [0.15, 0.2) is 0 Å². The fourth-order valence-electron chi connectivity index (χ4n) is 2.16. The Kier molecular flexibility index (Phi) is 3.23. The second-order valence-corrected chi connectivity index (χ2v) is 4.28. The van der Waals surface area contributed by atoms with Gasteiger partial charge in [0.1, 0.15) is 5.41 Å². The zero-order valence-electron chi connectivity index (χ0n) is 8.78. The maximum Gasteiger partial charge on any atom is 0.313 e. The molecule has 2 heterocycles. The molecule has 0 aromatic carbocycles. The number of aliphatic carboxylic acids is 1. The van der Waals surface area contributed by atoms with Crippen LogP contribution in [0.3, 0.4) is 0 Å². The highest BCUT2D eigenvalue weighted by Crippen LogP contribution is 2.30. The van der Waals surface area contributed by atoms with Gasteiger partial charge < -0.3 is 14.6 Å². The second-order valence-electron chi connectivity index (χ2n) is 4.28. The number of hydrogen-bond donors (Lipinski definition) is 1. The zero-order chi connectivity index (χ0) is 10.7. The number of nitrogens with zero attached hydrogens (tertiary/aromatic N) is 1. The Hall–Kier alpha value is -0.650. The van der Waals surface area contributed by atoms with Gasteiger partial charge in [-0.15, -0.1) is 0 Å². The summed E-state index contributed by atoms with van der Waals surface area (Å²) in [5, 5.41) is 9.26. The van der Waals surface area contributed by atoms with Gasteiger partial charge in [0.2, 0.25) is 0 Å². The Balaban J connectivity index is 1.96. The lowest BCUT2D eigenvalue weighted by Gasteiger charge is -2.33. The van der Waals surface area contributed by atoms with E-state index in [2.05, 4.69) is 4.90 Å². The number of rotatable bonds is 3. The van der Waals surface area contributed by atoms with Crippen LogP contribution in [-0.4, -0.2) is 62.0 Å². The fraction of sp³-hybridized carbons (Fsp3) is 0.900. The van der Waals surface area contributed by atoms with Crippen LogP contribution in [0.2, 0.25) is 0 Å². The van der Waals surface area contributed by atoms with E-state index in [1.807, 2.05) is 0 Å². The van der Waals surface area contributed by atoms with Crippen LogP contribution in [0.4, 0.5) is 0 Å². The Morgan fingerprint density at radius 1 is 1.27 bits per heavy atom. The van der Waals surface area contributed by atoms with E-state index in [9.17, 15) is 9.90 Å².